The Morgan fingerprint density at radius 2 is 1.92 bits per heavy atom. The summed E-state index contributed by atoms with van der Waals surface area (Å²) in [6.45, 7) is 3.69. The summed E-state index contributed by atoms with van der Waals surface area (Å²) in [6.07, 6.45) is 2.48. The minimum Gasteiger partial charge on any atom is -0.507 e. The maximum Gasteiger partial charge on any atom is 0.231 e. The van der Waals surface area contributed by atoms with E-state index in [0.717, 1.165) is 22.2 Å². The first kappa shape index (κ1) is 26.6. The van der Waals surface area contributed by atoms with Crippen LogP contribution in [0.15, 0.2) is 46.8 Å². The molecule has 204 valence electrons. The van der Waals surface area contributed by atoms with Crippen molar-refractivity contribution in [1.82, 2.24) is 4.98 Å². The van der Waals surface area contributed by atoms with Crippen LogP contribution in [0.3, 0.4) is 0 Å². The van der Waals surface area contributed by atoms with Gasteiger partial charge in [0.25, 0.3) is 0 Å². The number of aromatic amines is 1. The molecule has 1 aliphatic heterocycles. The SMILES string of the molecule is COc1ccc2[nH]cc(CCN=C(C)C3=C(O)[C@@]4(Oc5c(Cl)c(OC)cc(OC)c5C4=O)[C@H](C)CC3=O)c2c1. The second-order valence-electron chi connectivity index (χ2n) is 9.66. The Morgan fingerprint density at radius 3 is 2.62 bits per heavy atom. The van der Waals surface area contributed by atoms with Crippen LogP contribution in [0.25, 0.3) is 10.9 Å². The number of carbonyl (C=O) groups is 2. The predicted octanol–water partition coefficient (Wildman–Crippen LogP) is 5.29. The molecule has 0 amide bonds. The zero-order valence-electron chi connectivity index (χ0n) is 22.3. The largest absolute Gasteiger partial charge is 0.507 e. The number of rotatable bonds is 7. The molecule has 1 spiro atoms. The van der Waals surface area contributed by atoms with Crippen molar-refractivity contribution in [1.29, 1.82) is 0 Å². The molecular weight excluding hydrogens is 524 g/mol. The van der Waals surface area contributed by atoms with Crippen LogP contribution in [0.5, 0.6) is 23.0 Å². The summed E-state index contributed by atoms with van der Waals surface area (Å²) < 4.78 is 22.2. The van der Waals surface area contributed by atoms with Gasteiger partial charge in [-0.15, -0.1) is 0 Å². The van der Waals surface area contributed by atoms with Crippen LogP contribution >= 0.6 is 11.6 Å². The van der Waals surface area contributed by atoms with Crippen molar-refractivity contribution in [2.45, 2.75) is 32.3 Å². The van der Waals surface area contributed by atoms with Gasteiger partial charge in [-0.3, -0.25) is 14.6 Å². The van der Waals surface area contributed by atoms with E-state index in [1.807, 2.05) is 24.4 Å². The molecule has 2 atom stereocenters. The number of benzene rings is 2. The number of nitrogens with one attached hydrogen (secondary N) is 1. The molecule has 3 aromatic rings. The minimum atomic E-state index is -1.83. The van der Waals surface area contributed by atoms with E-state index in [-0.39, 0.29) is 45.6 Å². The fraction of sp³-hybridized carbons (Fsp3) is 0.345. The van der Waals surface area contributed by atoms with E-state index in [9.17, 15) is 14.7 Å². The van der Waals surface area contributed by atoms with Crippen molar-refractivity contribution in [2.75, 3.05) is 27.9 Å². The number of fused-ring (bicyclic) bond motifs is 2. The standard InChI is InChI=1S/C29H29ClN2O7/c1-14-10-20(33)23(15(2)31-9-8-16-13-32-19-7-6-17(36-3)11-18(16)19)27(34)29(14)28(35)24-21(37-4)12-22(38-5)25(30)26(24)39-29/h6-7,11-14,32,34H,8-10H2,1-5H3/t14-,29+/m1/s1. The Kier molecular flexibility index (Phi) is 6.80. The van der Waals surface area contributed by atoms with Gasteiger partial charge in [-0.1, -0.05) is 18.5 Å². The number of ketones is 2. The molecule has 0 unspecified atom stereocenters. The van der Waals surface area contributed by atoms with Crippen molar-refractivity contribution in [3.8, 4) is 23.0 Å². The van der Waals surface area contributed by atoms with Gasteiger partial charge in [0.1, 0.15) is 27.8 Å². The molecule has 5 rings (SSSR count). The van der Waals surface area contributed by atoms with E-state index in [2.05, 4.69) is 9.98 Å². The number of aliphatic hydroxyl groups is 1. The van der Waals surface area contributed by atoms with Crippen molar-refractivity contribution in [3.63, 3.8) is 0 Å². The van der Waals surface area contributed by atoms with Crippen LogP contribution in [-0.4, -0.2) is 60.8 Å². The lowest BCUT2D eigenvalue weighted by atomic mass is 9.72. The summed E-state index contributed by atoms with van der Waals surface area (Å²) in [5, 5.41) is 12.6. The first-order valence-corrected chi connectivity index (χ1v) is 12.9. The molecule has 0 bridgehead atoms. The number of Topliss-reactive ketones (excluding diaryl/α,β-unsaturated/α-hetero) is 2. The summed E-state index contributed by atoms with van der Waals surface area (Å²) in [6, 6.07) is 7.28. The summed E-state index contributed by atoms with van der Waals surface area (Å²) in [4.78, 5) is 34.9. The molecule has 39 heavy (non-hydrogen) atoms. The minimum absolute atomic E-state index is 0.0168. The number of carbonyl (C=O) groups excluding carboxylic acids is 2. The molecule has 1 aromatic heterocycles. The zero-order chi connectivity index (χ0) is 28.1. The molecule has 9 nitrogen and oxygen atoms in total. The topological polar surface area (TPSA) is 119 Å². The van der Waals surface area contributed by atoms with Gasteiger partial charge in [0.15, 0.2) is 17.3 Å². The molecule has 0 radical (unpaired) electrons. The molecule has 0 saturated carbocycles. The Hall–Kier alpha value is -3.98. The van der Waals surface area contributed by atoms with E-state index >= 15 is 0 Å². The number of methoxy groups -OCH3 is 3. The quantitative estimate of drug-likeness (QED) is 0.382. The van der Waals surface area contributed by atoms with E-state index < -0.39 is 23.1 Å². The van der Waals surface area contributed by atoms with E-state index in [1.165, 1.54) is 20.3 Å². The summed E-state index contributed by atoms with van der Waals surface area (Å²) in [7, 11) is 4.47. The van der Waals surface area contributed by atoms with Crippen LogP contribution in [0.4, 0.5) is 0 Å². The Morgan fingerprint density at radius 1 is 1.18 bits per heavy atom. The lowest BCUT2D eigenvalue weighted by Gasteiger charge is -2.37. The second kappa shape index (κ2) is 9.96. The lowest BCUT2D eigenvalue weighted by molar-refractivity contribution is -0.118. The lowest BCUT2D eigenvalue weighted by Crippen LogP contribution is -2.53. The van der Waals surface area contributed by atoms with Crippen LogP contribution < -0.4 is 18.9 Å². The van der Waals surface area contributed by atoms with Gasteiger partial charge in [-0.2, -0.15) is 0 Å². The third-order valence-electron chi connectivity index (χ3n) is 7.54. The first-order valence-electron chi connectivity index (χ1n) is 12.5. The third-order valence-corrected chi connectivity index (χ3v) is 7.90. The summed E-state index contributed by atoms with van der Waals surface area (Å²) in [5.74, 6) is -0.727. The van der Waals surface area contributed by atoms with Crippen molar-refractivity contribution >= 4 is 39.8 Å². The molecule has 2 aromatic carbocycles. The molecule has 2 heterocycles. The third kappa shape index (κ3) is 4.03. The summed E-state index contributed by atoms with van der Waals surface area (Å²) >= 11 is 6.50. The number of halogens is 1. The number of allylic oxidation sites excluding steroid dienone is 1. The Bertz CT molecular complexity index is 1570. The normalized spacial score (nSPS) is 21.0. The van der Waals surface area contributed by atoms with Crippen LogP contribution in [0.2, 0.25) is 5.02 Å². The first-order chi connectivity index (χ1) is 18.7. The molecule has 2 N–H and O–H groups in total. The zero-order valence-corrected chi connectivity index (χ0v) is 23.1. The number of aromatic nitrogens is 1. The number of aliphatic hydroxyl groups excluding tert-OH is 1. The predicted molar refractivity (Wildman–Crippen MR) is 147 cm³/mol. The van der Waals surface area contributed by atoms with E-state index in [1.54, 1.807) is 21.0 Å². The van der Waals surface area contributed by atoms with Gasteiger partial charge < -0.3 is 29.0 Å². The average molecular weight is 553 g/mol. The van der Waals surface area contributed by atoms with Crippen molar-refractivity contribution in [3.05, 3.63) is 57.9 Å². The number of aliphatic imine (C=N–C) groups is 1. The van der Waals surface area contributed by atoms with Gasteiger partial charge in [0.05, 0.1) is 26.9 Å². The van der Waals surface area contributed by atoms with Gasteiger partial charge in [0, 0.05) is 47.8 Å². The second-order valence-corrected chi connectivity index (χ2v) is 10.0. The molecule has 1 aliphatic carbocycles. The van der Waals surface area contributed by atoms with Crippen LogP contribution in [-0.2, 0) is 11.2 Å². The smallest absolute Gasteiger partial charge is 0.231 e. The van der Waals surface area contributed by atoms with Crippen molar-refractivity contribution < 1.29 is 33.6 Å². The fourth-order valence-corrected chi connectivity index (χ4v) is 5.71. The summed E-state index contributed by atoms with van der Waals surface area (Å²) in [5.41, 5.74) is 0.589. The van der Waals surface area contributed by atoms with Gasteiger partial charge in [-0.05, 0) is 37.1 Å². The molecule has 2 aliphatic rings. The van der Waals surface area contributed by atoms with Gasteiger partial charge >= 0.3 is 0 Å². The Labute approximate surface area is 230 Å². The number of H-pyrrole nitrogens is 1. The van der Waals surface area contributed by atoms with Crippen molar-refractivity contribution in [2.24, 2.45) is 10.9 Å². The highest BCUT2D eigenvalue weighted by Crippen LogP contribution is 2.54. The molecule has 0 fully saturated rings. The average Bonchev–Trinajstić information content (AvgIpc) is 3.47. The molecular formula is C29H29ClN2O7. The van der Waals surface area contributed by atoms with E-state index in [0.29, 0.717) is 18.7 Å². The maximum atomic E-state index is 13.9. The van der Waals surface area contributed by atoms with Gasteiger partial charge in [-0.25, -0.2) is 0 Å². The molecule has 0 saturated heterocycles. The monoisotopic (exact) mass is 552 g/mol. The number of nitrogens with zero attached hydrogens (tertiary/aromatic N) is 1. The van der Waals surface area contributed by atoms with Gasteiger partial charge in [0.2, 0.25) is 11.4 Å². The number of hydrogen-bond donors (Lipinski definition) is 2. The highest BCUT2D eigenvalue weighted by atomic mass is 35.5. The number of hydrogen-bond acceptors (Lipinski definition) is 8. The highest BCUT2D eigenvalue weighted by Gasteiger charge is 2.61. The van der Waals surface area contributed by atoms with Crippen LogP contribution in [0, 0.1) is 5.92 Å². The maximum absolute atomic E-state index is 13.9. The Balaban J connectivity index is 1.50. The highest BCUT2D eigenvalue weighted by molar-refractivity contribution is 6.35. The molecule has 10 heteroatoms. The van der Waals surface area contributed by atoms with E-state index in [4.69, 9.17) is 30.5 Å². The fourth-order valence-electron chi connectivity index (χ4n) is 5.44. The number of ether oxygens (including phenoxy) is 4. The van der Waals surface area contributed by atoms with Crippen LogP contribution in [0.1, 0.15) is 36.2 Å².